The van der Waals surface area contributed by atoms with E-state index in [1.165, 1.54) is 17.3 Å². The third-order valence-electron chi connectivity index (χ3n) is 5.30. The number of hydrogen-bond acceptors (Lipinski definition) is 6. The molecular weight excluding hydrogens is 330 g/mol. The summed E-state index contributed by atoms with van der Waals surface area (Å²) >= 11 is 0. The number of Topliss-reactive ketones (excluding diaryl/α,β-unsaturated/α-hetero) is 1. The van der Waals surface area contributed by atoms with E-state index in [0.717, 1.165) is 37.1 Å². The Morgan fingerprint density at radius 1 is 1.27 bits per heavy atom. The van der Waals surface area contributed by atoms with Crippen molar-refractivity contribution in [2.75, 3.05) is 0 Å². The molecule has 6 nitrogen and oxygen atoms in total. The molecule has 5 rings (SSSR count). The molecule has 26 heavy (non-hydrogen) atoms. The lowest BCUT2D eigenvalue weighted by atomic mass is 9.94. The molecule has 1 aromatic carbocycles. The van der Waals surface area contributed by atoms with Gasteiger partial charge in [-0.2, -0.15) is 4.98 Å². The fraction of sp³-hybridized carbons (Fsp3) is 0.400. The second-order valence-corrected chi connectivity index (χ2v) is 7.25. The summed E-state index contributed by atoms with van der Waals surface area (Å²) in [5.74, 6) is 2.99. The SMILES string of the molecule is Cc1ncc(C(=O)C[C@@H]2CCc3cc(-c4noc(C5CC5)n4)ccc32)o1. The van der Waals surface area contributed by atoms with Gasteiger partial charge in [-0.15, -0.1) is 0 Å². The average molecular weight is 349 g/mol. The molecule has 2 aliphatic carbocycles. The minimum absolute atomic E-state index is 0.0137. The second-order valence-electron chi connectivity index (χ2n) is 7.25. The first-order chi connectivity index (χ1) is 12.7. The van der Waals surface area contributed by atoms with Crippen LogP contribution >= 0.6 is 0 Å². The fourth-order valence-electron chi connectivity index (χ4n) is 3.72. The molecule has 0 saturated heterocycles. The number of fused-ring (bicyclic) bond motifs is 1. The maximum absolute atomic E-state index is 12.4. The van der Waals surface area contributed by atoms with Gasteiger partial charge in [-0.1, -0.05) is 17.3 Å². The molecular formula is C20H19N3O3. The van der Waals surface area contributed by atoms with Crippen molar-refractivity contribution in [3.63, 3.8) is 0 Å². The first kappa shape index (κ1) is 15.5. The topological polar surface area (TPSA) is 82.0 Å². The molecule has 1 saturated carbocycles. The Kier molecular flexibility index (Phi) is 3.51. The Bertz CT molecular complexity index is 984. The normalized spacial score (nSPS) is 18.9. The molecule has 2 heterocycles. The second kappa shape index (κ2) is 5.90. The van der Waals surface area contributed by atoms with E-state index >= 15 is 0 Å². The van der Waals surface area contributed by atoms with Crippen molar-refractivity contribution in [2.45, 2.75) is 50.9 Å². The van der Waals surface area contributed by atoms with Crippen LogP contribution in [0.5, 0.6) is 0 Å². The molecule has 0 amide bonds. The van der Waals surface area contributed by atoms with Gasteiger partial charge in [-0.05, 0) is 48.8 Å². The van der Waals surface area contributed by atoms with Crippen molar-refractivity contribution in [3.8, 4) is 11.4 Å². The third-order valence-corrected chi connectivity index (χ3v) is 5.30. The largest absolute Gasteiger partial charge is 0.438 e. The number of nitrogens with zero attached hydrogens (tertiary/aromatic N) is 3. The molecule has 6 heteroatoms. The minimum Gasteiger partial charge on any atom is -0.438 e. The van der Waals surface area contributed by atoms with Crippen molar-refractivity contribution < 1.29 is 13.7 Å². The quantitative estimate of drug-likeness (QED) is 0.642. The number of carbonyl (C=O) groups is 1. The zero-order chi connectivity index (χ0) is 17.7. The van der Waals surface area contributed by atoms with Crippen molar-refractivity contribution in [3.05, 3.63) is 53.1 Å². The van der Waals surface area contributed by atoms with Gasteiger partial charge in [0.1, 0.15) is 0 Å². The molecule has 0 radical (unpaired) electrons. The molecule has 2 aliphatic rings. The standard InChI is InChI=1S/C20H19N3O3/c1-11-21-10-18(25-11)17(24)9-14-5-4-13-8-15(6-7-16(13)14)19-22-20(26-23-19)12-2-3-12/h6-8,10,12,14H,2-5,9H2,1H3/t14-/m0/s1. The van der Waals surface area contributed by atoms with E-state index in [-0.39, 0.29) is 11.7 Å². The fourth-order valence-corrected chi connectivity index (χ4v) is 3.72. The Hall–Kier alpha value is -2.76. The van der Waals surface area contributed by atoms with Crippen LogP contribution in [0.2, 0.25) is 0 Å². The van der Waals surface area contributed by atoms with Gasteiger partial charge in [0, 0.05) is 24.8 Å². The van der Waals surface area contributed by atoms with Crippen LogP contribution in [-0.2, 0) is 6.42 Å². The van der Waals surface area contributed by atoms with Crippen LogP contribution in [0.1, 0.15) is 71.0 Å². The van der Waals surface area contributed by atoms with E-state index in [1.54, 1.807) is 6.92 Å². The van der Waals surface area contributed by atoms with Gasteiger partial charge < -0.3 is 8.94 Å². The van der Waals surface area contributed by atoms with E-state index in [2.05, 4.69) is 27.3 Å². The monoisotopic (exact) mass is 349 g/mol. The van der Waals surface area contributed by atoms with E-state index in [0.29, 0.717) is 29.8 Å². The van der Waals surface area contributed by atoms with Gasteiger partial charge in [-0.25, -0.2) is 4.98 Å². The highest BCUT2D eigenvalue weighted by atomic mass is 16.5. The summed E-state index contributed by atoms with van der Waals surface area (Å²) < 4.78 is 10.7. The van der Waals surface area contributed by atoms with Crippen LogP contribution in [-0.4, -0.2) is 20.9 Å². The van der Waals surface area contributed by atoms with Gasteiger partial charge >= 0.3 is 0 Å². The maximum Gasteiger partial charge on any atom is 0.230 e. The van der Waals surface area contributed by atoms with E-state index < -0.39 is 0 Å². The van der Waals surface area contributed by atoms with Gasteiger partial charge in [0.15, 0.2) is 17.4 Å². The number of aryl methyl sites for hydroxylation is 2. The van der Waals surface area contributed by atoms with Crippen molar-refractivity contribution >= 4 is 5.78 Å². The van der Waals surface area contributed by atoms with Crippen LogP contribution in [0.15, 0.2) is 33.3 Å². The Morgan fingerprint density at radius 2 is 2.15 bits per heavy atom. The number of hydrogen-bond donors (Lipinski definition) is 0. The van der Waals surface area contributed by atoms with Crippen LogP contribution < -0.4 is 0 Å². The van der Waals surface area contributed by atoms with Gasteiger partial charge in [0.25, 0.3) is 0 Å². The smallest absolute Gasteiger partial charge is 0.230 e. The molecule has 2 aromatic heterocycles. The van der Waals surface area contributed by atoms with Crippen LogP contribution in [0.3, 0.4) is 0 Å². The molecule has 3 aromatic rings. The van der Waals surface area contributed by atoms with E-state index in [1.807, 2.05) is 6.07 Å². The number of ketones is 1. The molecule has 1 fully saturated rings. The summed E-state index contributed by atoms with van der Waals surface area (Å²) in [6, 6.07) is 6.27. The number of rotatable bonds is 5. The van der Waals surface area contributed by atoms with E-state index in [9.17, 15) is 4.79 Å². The Morgan fingerprint density at radius 3 is 2.92 bits per heavy atom. The van der Waals surface area contributed by atoms with Crippen molar-refractivity contribution in [1.82, 2.24) is 15.1 Å². The summed E-state index contributed by atoms with van der Waals surface area (Å²) in [7, 11) is 0. The molecule has 0 aliphatic heterocycles. The first-order valence-electron chi connectivity index (χ1n) is 9.10. The molecule has 1 atom stereocenters. The molecule has 0 spiro atoms. The van der Waals surface area contributed by atoms with Gasteiger partial charge in [0.05, 0.1) is 6.20 Å². The number of carbonyl (C=O) groups excluding carboxylic acids is 1. The predicted molar refractivity (Wildman–Crippen MR) is 93.0 cm³/mol. The van der Waals surface area contributed by atoms with E-state index in [4.69, 9.17) is 8.94 Å². The van der Waals surface area contributed by atoms with Gasteiger partial charge in [0.2, 0.25) is 11.7 Å². The first-order valence-corrected chi connectivity index (χ1v) is 9.10. The summed E-state index contributed by atoms with van der Waals surface area (Å²) in [4.78, 5) is 21.0. The minimum atomic E-state index is 0.0137. The lowest BCUT2D eigenvalue weighted by molar-refractivity contribution is 0.0945. The zero-order valence-corrected chi connectivity index (χ0v) is 14.6. The lowest BCUT2D eigenvalue weighted by Crippen LogP contribution is -2.04. The van der Waals surface area contributed by atoms with Crippen molar-refractivity contribution in [1.29, 1.82) is 0 Å². The van der Waals surface area contributed by atoms with Crippen LogP contribution in [0, 0.1) is 6.92 Å². The number of oxazole rings is 1. The number of benzene rings is 1. The van der Waals surface area contributed by atoms with Gasteiger partial charge in [-0.3, -0.25) is 4.79 Å². The zero-order valence-electron chi connectivity index (χ0n) is 14.6. The van der Waals surface area contributed by atoms with Crippen molar-refractivity contribution in [2.24, 2.45) is 0 Å². The lowest BCUT2D eigenvalue weighted by Gasteiger charge is -2.10. The Balaban J connectivity index is 1.35. The molecule has 0 unspecified atom stereocenters. The highest BCUT2D eigenvalue weighted by Crippen LogP contribution is 2.41. The van der Waals surface area contributed by atoms with Crippen LogP contribution in [0.4, 0.5) is 0 Å². The highest BCUT2D eigenvalue weighted by molar-refractivity contribution is 5.93. The molecule has 0 N–H and O–H groups in total. The average Bonchev–Trinajstić information content (AvgIpc) is 3.06. The molecule has 132 valence electrons. The third kappa shape index (κ3) is 2.75. The number of aromatic nitrogens is 3. The summed E-state index contributed by atoms with van der Waals surface area (Å²) in [6.07, 6.45) is 6.19. The Labute approximate surface area is 150 Å². The summed E-state index contributed by atoms with van der Waals surface area (Å²) in [5.41, 5.74) is 3.49. The summed E-state index contributed by atoms with van der Waals surface area (Å²) in [6.45, 7) is 1.75. The molecule has 0 bridgehead atoms. The predicted octanol–water partition coefficient (Wildman–Crippen LogP) is 4.21. The summed E-state index contributed by atoms with van der Waals surface area (Å²) in [5, 5.41) is 4.12. The van der Waals surface area contributed by atoms with Crippen LogP contribution in [0.25, 0.3) is 11.4 Å². The maximum atomic E-state index is 12.4. The highest BCUT2D eigenvalue weighted by Gasteiger charge is 2.30.